The second kappa shape index (κ2) is 5.96. The van der Waals surface area contributed by atoms with E-state index in [1.807, 2.05) is 25.1 Å². The summed E-state index contributed by atoms with van der Waals surface area (Å²) in [6.07, 6.45) is 4.30. The lowest BCUT2D eigenvalue weighted by molar-refractivity contribution is -0.156. The van der Waals surface area contributed by atoms with Gasteiger partial charge in [-0.2, -0.15) is 0 Å². The number of esters is 1. The normalized spacial score (nSPS) is 23.6. The molecule has 0 unspecified atom stereocenters. The second-order valence-electron chi connectivity index (χ2n) is 4.78. The first-order valence-electron chi connectivity index (χ1n) is 6.55. The van der Waals surface area contributed by atoms with E-state index in [1.165, 1.54) is 0 Å². The van der Waals surface area contributed by atoms with E-state index in [-0.39, 0.29) is 5.97 Å². The van der Waals surface area contributed by atoms with Gasteiger partial charge in [0, 0.05) is 24.9 Å². The first kappa shape index (κ1) is 13.0. The minimum Gasteiger partial charge on any atom is -0.466 e. The molecule has 0 aromatic carbocycles. The van der Waals surface area contributed by atoms with Gasteiger partial charge in [-0.15, -0.1) is 0 Å². The zero-order chi connectivity index (χ0) is 12.8. The van der Waals surface area contributed by atoms with Crippen molar-refractivity contribution in [2.45, 2.75) is 26.2 Å². The lowest BCUT2D eigenvalue weighted by Crippen LogP contribution is -2.48. The Bertz CT molecular complexity index is 386. The van der Waals surface area contributed by atoms with Crippen LogP contribution < -0.4 is 5.32 Å². The largest absolute Gasteiger partial charge is 0.466 e. The lowest BCUT2D eigenvalue weighted by atomic mass is 9.76. The Balaban J connectivity index is 2.16. The van der Waals surface area contributed by atoms with Crippen LogP contribution in [0.4, 0.5) is 0 Å². The minimum absolute atomic E-state index is 0.0946. The first-order chi connectivity index (χ1) is 8.77. The summed E-state index contributed by atoms with van der Waals surface area (Å²) in [7, 11) is 0. The number of aromatic nitrogens is 1. The molecule has 0 radical (unpaired) electrons. The van der Waals surface area contributed by atoms with Crippen LogP contribution in [0.3, 0.4) is 0 Å². The van der Waals surface area contributed by atoms with Gasteiger partial charge in [-0.05, 0) is 38.4 Å². The summed E-state index contributed by atoms with van der Waals surface area (Å²) in [6, 6.07) is 5.81. The second-order valence-corrected chi connectivity index (χ2v) is 4.78. The number of carbonyl (C=O) groups excluding carboxylic acids is 1. The van der Waals surface area contributed by atoms with Gasteiger partial charge >= 0.3 is 5.97 Å². The summed E-state index contributed by atoms with van der Waals surface area (Å²) in [5.41, 5.74) is 0.511. The van der Waals surface area contributed by atoms with Crippen molar-refractivity contribution >= 4 is 5.97 Å². The molecule has 1 aliphatic rings. The van der Waals surface area contributed by atoms with E-state index in [4.69, 9.17) is 4.74 Å². The number of hydrogen-bond donors (Lipinski definition) is 1. The molecule has 2 heterocycles. The third kappa shape index (κ3) is 2.88. The zero-order valence-electron chi connectivity index (χ0n) is 10.8. The van der Waals surface area contributed by atoms with Crippen LogP contribution in [-0.2, 0) is 16.0 Å². The maximum Gasteiger partial charge on any atom is 0.313 e. The number of rotatable bonds is 4. The molecule has 0 bridgehead atoms. The molecule has 4 nitrogen and oxygen atoms in total. The van der Waals surface area contributed by atoms with Crippen molar-refractivity contribution in [1.82, 2.24) is 10.3 Å². The fraction of sp³-hybridized carbons (Fsp3) is 0.571. The molecular weight excluding hydrogens is 228 g/mol. The quantitative estimate of drug-likeness (QED) is 0.822. The van der Waals surface area contributed by atoms with Gasteiger partial charge in [0.05, 0.1) is 12.0 Å². The van der Waals surface area contributed by atoms with Gasteiger partial charge in [0.1, 0.15) is 0 Å². The molecule has 1 saturated heterocycles. The molecule has 1 N–H and O–H groups in total. The first-order valence-corrected chi connectivity index (χ1v) is 6.55. The average Bonchev–Trinajstić information content (AvgIpc) is 2.41. The van der Waals surface area contributed by atoms with Crippen LogP contribution in [-0.4, -0.2) is 30.6 Å². The van der Waals surface area contributed by atoms with Gasteiger partial charge in [-0.1, -0.05) is 6.07 Å². The lowest BCUT2D eigenvalue weighted by Gasteiger charge is -2.35. The predicted octanol–water partition coefficient (Wildman–Crippen LogP) is 1.56. The van der Waals surface area contributed by atoms with E-state index in [9.17, 15) is 4.79 Å². The topological polar surface area (TPSA) is 51.2 Å². The summed E-state index contributed by atoms with van der Waals surface area (Å²) < 4.78 is 5.25. The van der Waals surface area contributed by atoms with Gasteiger partial charge < -0.3 is 10.1 Å². The molecule has 0 spiro atoms. The molecule has 1 atom stereocenters. The number of nitrogens with one attached hydrogen (secondary N) is 1. The SMILES string of the molecule is CCOC(=O)[C@]1(Cc2ccccn2)CCCNC1. The molecule has 0 amide bonds. The molecule has 18 heavy (non-hydrogen) atoms. The van der Waals surface area contributed by atoms with Crippen LogP contribution in [0.25, 0.3) is 0 Å². The van der Waals surface area contributed by atoms with E-state index in [0.29, 0.717) is 19.6 Å². The van der Waals surface area contributed by atoms with E-state index in [0.717, 1.165) is 25.1 Å². The molecule has 98 valence electrons. The summed E-state index contributed by atoms with van der Waals surface area (Å²) in [6.45, 7) is 3.94. The zero-order valence-corrected chi connectivity index (χ0v) is 10.8. The Hall–Kier alpha value is -1.42. The fourth-order valence-corrected chi connectivity index (χ4v) is 2.50. The maximum atomic E-state index is 12.2. The number of nitrogens with zero attached hydrogens (tertiary/aromatic N) is 1. The van der Waals surface area contributed by atoms with Crippen molar-refractivity contribution in [3.05, 3.63) is 30.1 Å². The standard InChI is InChI=1S/C14H20N2O2/c1-2-18-13(17)14(7-5-8-15-11-14)10-12-6-3-4-9-16-12/h3-4,6,9,15H,2,5,7-8,10-11H2,1H3/t14-/m0/s1. The Morgan fingerprint density at radius 1 is 1.56 bits per heavy atom. The number of pyridine rings is 1. The molecule has 2 rings (SSSR count). The number of ether oxygens (including phenoxy) is 1. The van der Waals surface area contributed by atoms with Gasteiger partial charge in [-0.25, -0.2) is 0 Å². The third-order valence-corrected chi connectivity index (χ3v) is 3.43. The fourth-order valence-electron chi connectivity index (χ4n) is 2.50. The van der Waals surface area contributed by atoms with Crippen molar-refractivity contribution in [1.29, 1.82) is 0 Å². The van der Waals surface area contributed by atoms with E-state index >= 15 is 0 Å². The Morgan fingerprint density at radius 3 is 3.06 bits per heavy atom. The van der Waals surface area contributed by atoms with Crippen molar-refractivity contribution in [3.8, 4) is 0 Å². The van der Waals surface area contributed by atoms with Crippen LogP contribution in [0.1, 0.15) is 25.5 Å². The highest BCUT2D eigenvalue weighted by atomic mass is 16.5. The van der Waals surface area contributed by atoms with Gasteiger partial charge in [-0.3, -0.25) is 9.78 Å². The van der Waals surface area contributed by atoms with Crippen LogP contribution in [0.5, 0.6) is 0 Å². The van der Waals surface area contributed by atoms with Gasteiger partial charge in [0.15, 0.2) is 0 Å². The van der Waals surface area contributed by atoms with Crippen molar-refractivity contribution in [3.63, 3.8) is 0 Å². The van der Waals surface area contributed by atoms with Crippen LogP contribution >= 0.6 is 0 Å². The molecule has 1 aromatic heterocycles. The smallest absolute Gasteiger partial charge is 0.313 e. The maximum absolute atomic E-state index is 12.2. The highest BCUT2D eigenvalue weighted by Crippen LogP contribution is 2.31. The summed E-state index contributed by atoms with van der Waals surface area (Å²) in [5, 5.41) is 3.31. The average molecular weight is 248 g/mol. The Kier molecular flexibility index (Phi) is 4.31. The number of hydrogen-bond acceptors (Lipinski definition) is 4. The highest BCUT2D eigenvalue weighted by Gasteiger charge is 2.41. The van der Waals surface area contributed by atoms with Crippen molar-refractivity contribution in [2.24, 2.45) is 5.41 Å². The molecular formula is C14H20N2O2. The van der Waals surface area contributed by atoms with Crippen LogP contribution in [0.15, 0.2) is 24.4 Å². The minimum atomic E-state index is -0.442. The van der Waals surface area contributed by atoms with Crippen LogP contribution in [0, 0.1) is 5.41 Å². The molecule has 1 aromatic rings. The highest BCUT2D eigenvalue weighted by molar-refractivity contribution is 5.77. The van der Waals surface area contributed by atoms with E-state index in [1.54, 1.807) is 6.20 Å². The Labute approximate surface area is 108 Å². The summed E-state index contributed by atoms with van der Waals surface area (Å²) in [5.74, 6) is -0.0946. The van der Waals surface area contributed by atoms with Crippen molar-refractivity contribution in [2.75, 3.05) is 19.7 Å². The van der Waals surface area contributed by atoms with Gasteiger partial charge in [0.2, 0.25) is 0 Å². The predicted molar refractivity (Wildman–Crippen MR) is 69.1 cm³/mol. The Morgan fingerprint density at radius 2 is 2.44 bits per heavy atom. The monoisotopic (exact) mass is 248 g/mol. The summed E-state index contributed by atoms with van der Waals surface area (Å²) in [4.78, 5) is 16.6. The van der Waals surface area contributed by atoms with E-state index in [2.05, 4.69) is 10.3 Å². The molecule has 4 heteroatoms. The molecule has 0 aliphatic carbocycles. The van der Waals surface area contributed by atoms with Crippen molar-refractivity contribution < 1.29 is 9.53 Å². The third-order valence-electron chi connectivity index (χ3n) is 3.43. The van der Waals surface area contributed by atoms with Gasteiger partial charge in [0.25, 0.3) is 0 Å². The van der Waals surface area contributed by atoms with E-state index < -0.39 is 5.41 Å². The number of carbonyl (C=O) groups is 1. The summed E-state index contributed by atoms with van der Waals surface area (Å²) >= 11 is 0. The molecule has 1 fully saturated rings. The van der Waals surface area contributed by atoms with Crippen LogP contribution in [0.2, 0.25) is 0 Å². The number of piperidine rings is 1. The molecule has 1 aliphatic heterocycles. The molecule has 0 saturated carbocycles.